The molecule has 1 amide bonds. The van der Waals surface area contributed by atoms with Crippen molar-refractivity contribution in [2.24, 2.45) is 10.7 Å². The van der Waals surface area contributed by atoms with Crippen molar-refractivity contribution in [1.82, 2.24) is 0 Å². The minimum absolute atomic E-state index is 0. The lowest BCUT2D eigenvalue weighted by atomic mass is 10.2. The summed E-state index contributed by atoms with van der Waals surface area (Å²) < 4.78 is 5.02. The number of carbonyl (C=O) groups excluding carboxylic acids is 1. The molecule has 1 aromatic carbocycles. The van der Waals surface area contributed by atoms with Gasteiger partial charge in [-0.2, -0.15) is 0 Å². The van der Waals surface area contributed by atoms with E-state index in [9.17, 15) is 4.79 Å². The standard InChI is InChI=1S/C15H17N3O2.ClH/c1-10(2)17-14(16)11-5-7-12(8-6-11)18-15(19)13-4-3-9-20-13;/h3-10H,1-2H3,(H2,16,17)(H,18,19);1H. The van der Waals surface area contributed by atoms with Gasteiger partial charge in [-0.15, -0.1) is 12.4 Å². The summed E-state index contributed by atoms with van der Waals surface area (Å²) in [4.78, 5) is 16.1. The average Bonchev–Trinajstić information content (AvgIpc) is 2.92. The minimum atomic E-state index is -0.286. The molecule has 0 aliphatic heterocycles. The van der Waals surface area contributed by atoms with E-state index in [-0.39, 0.29) is 30.1 Å². The van der Waals surface area contributed by atoms with Gasteiger partial charge in [0.2, 0.25) is 0 Å². The predicted molar refractivity (Wildman–Crippen MR) is 86.2 cm³/mol. The van der Waals surface area contributed by atoms with Crippen molar-refractivity contribution in [3.05, 3.63) is 54.0 Å². The molecule has 0 unspecified atom stereocenters. The third-order valence-electron chi connectivity index (χ3n) is 2.58. The molecule has 1 heterocycles. The van der Waals surface area contributed by atoms with Gasteiger partial charge in [-0.25, -0.2) is 0 Å². The first kappa shape index (κ1) is 16.8. The molecule has 1 aromatic heterocycles. The van der Waals surface area contributed by atoms with Crippen molar-refractivity contribution in [3.8, 4) is 0 Å². The molecule has 0 atom stereocenters. The van der Waals surface area contributed by atoms with Gasteiger partial charge < -0.3 is 15.5 Å². The Balaban J connectivity index is 0.00000220. The zero-order chi connectivity index (χ0) is 14.5. The average molecular weight is 308 g/mol. The van der Waals surface area contributed by atoms with E-state index in [0.717, 1.165) is 5.56 Å². The summed E-state index contributed by atoms with van der Waals surface area (Å²) in [7, 11) is 0. The number of nitrogens with one attached hydrogen (secondary N) is 1. The Bertz CT molecular complexity index is 604. The van der Waals surface area contributed by atoms with Crippen LogP contribution in [0.1, 0.15) is 30.0 Å². The summed E-state index contributed by atoms with van der Waals surface area (Å²) in [5.41, 5.74) is 7.37. The van der Waals surface area contributed by atoms with Crippen molar-refractivity contribution >= 4 is 29.8 Å². The van der Waals surface area contributed by atoms with E-state index >= 15 is 0 Å². The van der Waals surface area contributed by atoms with Crippen LogP contribution in [0.15, 0.2) is 52.1 Å². The van der Waals surface area contributed by atoms with E-state index in [1.807, 2.05) is 26.0 Å². The Morgan fingerprint density at radius 3 is 2.43 bits per heavy atom. The van der Waals surface area contributed by atoms with E-state index in [1.54, 1.807) is 24.3 Å². The van der Waals surface area contributed by atoms with Gasteiger partial charge in [-0.3, -0.25) is 9.79 Å². The number of amidine groups is 1. The van der Waals surface area contributed by atoms with Crippen LogP contribution in [0, 0.1) is 0 Å². The Morgan fingerprint density at radius 2 is 1.90 bits per heavy atom. The minimum Gasteiger partial charge on any atom is -0.459 e. The van der Waals surface area contributed by atoms with Gasteiger partial charge in [-0.1, -0.05) is 0 Å². The Labute approximate surface area is 129 Å². The highest BCUT2D eigenvalue weighted by atomic mass is 35.5. The third-order valence-corrected chi connectivity index (χ3v) is 2.58. The summed E-state index contributed by atoms with van der Waals surface area (Å²) >= 11 is 0. The van der Waals surface area contributed by atoms with Crippen LogP contribution in [0.2, 0.25) is 0 Å². The molecule has 0 spiro atoms. The van der Waals surface area contributed by atoms with Gasteiger partial charge in [0.05, 0.1) is 6.26 Å². The second-order valence-electron chi connectivity index (χ2n) is 4.62. The SMILES string of the molecule is CC(C)N=C(N)c1ccc(NC(=O)c2ccco2)cc1.Cl. The van der Waals surface area contributed by atoms with E-state index in [4.69, 9.17) is 10.2 Å². The van der Waals surface area contributed by atoms with Crippen LogP contribution in [-0.4, -0.2) is 17.8 Å². The summed E-state index contributed by atoms with van der Waals surface area (Å²) in [6.07, 6.45) is 1.46. The van der Waals surface area contributed by atoms with Crippen LogP contribution < -0.4 is 11.1 Å². The number of rotatable bonds is 4. The first-order valence-corrected chi connectivity index (χ1v) is 6.35. The van der Waals surface area contributed by atoms with Gasteiger partial charge in [0.1, 0.15) is 5.84 Å². The van der Waals surface area contributed by atoms with Crippen LogP contribution in [0.25, 0.3) is 0 Å². The van der Waals surface area contributed by atoms with Crippen LogP contribution in [-0.2, 0) is 0 Å². The van der Waals surface area contributed by atoms with Crippen molar-refractivity contribution in [3.63, 3.8) is 0 Å². The van der Waals surface area contributed by atoms with Gasteiger partial charge in [0.15, 0.2) is 5.76 Å². The van der Waals surface area contributed by atoms with Gasteiger partial charge in [-0.05, 0) is 50.2 Å². The largest absolute Gasteiger partial charge is 0.459 e. The first-order valence-electron chi connectivity index (χ1n) is 6.35. The van der Waals surface area contributed by atoms with E-state index in [2.05, 4.69) is 10.3 Å². The van der Waals surface area contributed by atoms with Crippen LogP contribution in [0.4, 0.5) is 5.69 Å². The quantitative estimate of drug-likeness (QED) is 0.673. The maximum Gasteiger partial charge on any atom is 0.291 e. The molecular weight excluding hydrogens is 290 g/mol. The zero-order valence-electron chi connectivity index (χ0n) is 11.9. The number of furan rings is 1. The third kappa shape index (κ3) is 4.65. The topological polar surface area (TPSA) is 80.6 Å². The fourth-order valence-electron chi connectivity index (χ4n) is 1.68. The molecular formula is C15H18ClN3O2. The van der Waals surface area contributed by atoms with Crippen molar-refractivity contribution in [2.75, 3.05) is 5.32 Å². The second-order valence-corrected chi connectivity index (χ2v) is 4.62. The molecule has 2 aromatic rings. The maximum absolute atomic E-state index is 11.8. The molecule has 0 bridgehead atoms. The Hall–Kier alpha value is -2.27. The van der Waals surface area contributed by atoms with E-state index < -0.39 is 0 Å². The molecule has 0 saturated carbocycles. The fourth-order valence-corrected chi connectivity index (χ4v) is 1.68. The molecule has 0 radical (unpaired) electrons. The van der Waals surface area contributed by atoms with E-state index in [0.29, 0.717) is 11.5 Å². The molecule has 0 fully saturated rings. The highest BCUT2D eigenvalue weighted by Gasteiger charge is 2.08. The van der Waals surface area contributed by atoms with Gasteiger partial charge >= 0.3 is 0 Å². The number of hydrogen-bond donors (Lipinski definition) is 2. The number of hydrogen-bond acceptors (Lipinski definition) is 3. The van der Waals surface area contributed by atoms with Crippen LogP contribution in [0.5, 0.6) is 0 Å². The smallest absolute Gasteiger partial charge is 0.291 e. The van der Waals surface area contributed by atoms with Gasteiger partial charge in [0, 0.05) is 17.3 Å². The van der Waals surface area contributed by atoms with Crippen molar-refractivity contribution in [1.29, 1.82) is 0 Å². The lowest BCUT2D eigenvalue weighted by molar-refractivity contribution is 0.0996. The number of aliphatic imine (C=N–C) groups is 1. The number of nitrogens with zero attached hydrogens (tertiary/aromatic N) is 1. The predicted octanol–water partition coefficient (Wildman–Crippen LogP) is 3.07. The number of anilines is 1. The monoisotopic (exact) mass is 307 g/mol. The molecule has 21 heavy (non-hydrogen) atoms. The number of nitrogens with two attached hydrogens (primary N) is 1. The molecule has 0 aliphatic rings. The number of amides is 1. The highest BCUT2D eigenvalue weighted by molar-refractivity contribution is 6.03. The summed E-state index contributed by atoms with van der Waals surface area (Å²) in [6, 6.07) is 10.6. The number of halogens is 1. The molecule has 6 heteroatoms. The summed E-state index contributed by atoms with van der Waals surface area (Å²) in [5.74, 6) is 0.477. The first-order chi connectivity index (χ1) is 9.56. The fraction of sp³-hybridized carbons (Fsp3) is 0.200. The number of carbonyl (C=O) groups is 1. The van der Waals surface area contributed by atoms with Crippen molar-refractivity contribution < 1.29 is 9.21 Å². The zero-order valence-corrected chi connectivity index (χ0v) is 12.7. The van der Waals surface area contributed by atoms with Crippen molar-refractivity contribution in [2.45, 2.75) is 19.9 Å². The summed E-state index contributed by atoms with van der Waals surface area (Å²) in [6.45, 7) is 3.93. The molecule has 0 saturated heterocycles. The Kier molecular flexibility index (Phi) is 5.99. The van der Waals surface area contributed by atoms with Gasteiger partial charge in [0.25, 0.3) is 5.91 Å². The second kappa shape index (κ2) is 7.50. The maximum atomic E-state index is 11.8. The lowest BCUT2D eigenvalue weighted by Gasteiger charge is -2.06. The van der Waals surface area contributed by atoms with E-state index in [1.165, 1.54) is 6.26 Å². The molecule has 3 N–H and O–H groups in total. The number of benzene rings is 1. The molecule has 0 aliphatic carbocycles. The van der Waals surface area contributed by atoms with Crippen LogP contribution >= 0.6 is 12.4 Å². The van der Waals surface area contributed by atoms with Crippen LogP contribution in [0.3, 0.4) is 0 Å². The Morgan fingerprint density at radius 1 is 1.24 bits per heavy atom. The molecule has 112 valence electrons. The molecule has 2 rings (SSSR count). The lowest BCUT2D eigenvalue weighted by Crippen LogP contribution is -2.16. The highest BCUT2D eigenvalue weighted by Crippen LogP contribution is 2.12. The summed E-state index contributed by atoms with van der Waals surface area (Å²) in [5, 5.41) is 2.74. The molecule has 5 nitrogen and oxygen atoms in total. The normalized spacial score (nSPS) is 11.1.